The molecule has 6 nitrogen and oxygen atoms in total. The van der Waals surface area contributed by atoms with Gasteiger partial charge in [0.1, 0.15) is 0 Å². The number of aryl methyl sites for hydroxylation is 1. The van der Waals surface area contributed by atoms with E-state index >= 15 is 0 Å². The molecule has 2 aliphatic rings. The maximum absolute atomic E-state index is 12.7. The van der Waals surface area contributed by atoms with Gasteiger partial charge in [0.05, 0.1) is 0 Å². The average Bonchev–Trinajstić information content (AvgIpc) is 3.41. The number of nitrogens with one attached hydrogen (secondary N) is 2. The number of piperidine rings is 1. The Balaban J connectivity index is 1.38. The minimum Gasteiger partial charge on any atom is -0.317 e. The number of amides is 1. The van der Waals surface area contributed by atoms with E-state index in [0.717, 1.165) is 38.2 Å². The number of hydrogen-bond acceptors (Lipinski definition) is 4. The molecule has 0 spiro atoms. The van der Waals surface area contributed by atoms with E-state index in [1.165, 1.54) is 11.1 Å². The number of anilines is 1. The summed E-state index contributed by atoms with van der Waals surface area (Å²) >= 11 is 0. The molecule has 1 amide bonds. The van der Waals surface area contributed by atoms with E-state index in [4.69, 9.17) is 0 Å². The zero-order valence-electron chi connectivity index (χ0n) is 16.4. The molecule has 2 aromatic rings. The Labute approximate surface area is 160 Å². The van der Waals surface area contributed by atoms with Crippen LogP contribution in [0.2, 0.25) is 0 Å². The molecule has 2 N–H and O–H groups in total. The summed E-state index contributed by atoms with van der Waals surface area (Å²) in [5.41, 5.74) is 2.60. The molecule has 144 valence electrons. The van der Waals surface area contributed by atoms with Gasteiger partial charge < -0.3 is 5.32 Å². The first-order valence-electron chi connectivity index (χ1n) is 10.0. The van der Waals surface area contributed by atoms with Crippen LogP contribution >= 0.6 is 0 Å². The molecule has 6 heteroatoms. The normalized spacial score (nSPS) is 22.8. The van der Waals surface area contributed by atoms with Gasteiger partial charge in [-0.3, -0.25) is 10.1 Å². The summed E-state index contributed by atoms with van der Waals surface area (Å²) < 4.78 is 1.70. The molecule has 1 aliphatic carbocycles. The second-order valence-electron chi connectivity index (χ2n) is 8.20. The highest BCUT2D eigenvalue weighted by Crippen LogP contribution is 2.48. The highest BCUT2D eigenvalue weighted by molar-refractivity contribution is 5.93. The van der Waals surface area contributed by atoms with Gasteiger partial charge in [0.15, 0.2) is 5.82 Å². The fourth-order valence-electron chi connectivity index (χ4n) is 3.95. The van der Waals surface area contributed by atoms with Crippen molar-refractivity contribution in [2.45, 2.75) is 50.9 Å². The van der Waals surface area contributed by atoms with Crippen LogP contribution in [0.25, 0.3) is 0 Å². The minimum absolute atomic E-state index is 0.0360. The van der Waals surface area contributed by atoms with Gasteiger partial charge in [-0.15, -0.1) is 0 Å². The van der Waals surface area contributed by atoms with Gasteiger partial charge in [-0.05, 0) is 55.3 Å². The zero-order chi connectivity index (χ0) is 19.0. The van der Waals surface area contributed by atoms with Crippen molar-refractivity contribution in [1.82, 2.24) is 20.1 Å². The molecule has 27 heavy (non-hydrogen) atoms. The number of carbonyl (C=O) groups excluding carboxylic acids is 1. The summed E-state index contributed by atoms with van der Waals surface area (Å²) in [6.07, 6.45) is 3.01. The molecule has 1 aromatic heterocycles. The van der Waals surface area contributed by atoms with Crippen molar-refractivity contribution in [3.63, 3.8) is 0 Å². The van der Waals surface area contributed by atoms with Crippen LogP contribution < -0.4 is 10.6 Å². The van der Waals surface area contributed by atoms with Crippen LogP contribution in [-0.2, 0) is 11.8 Å². The van der Waals surface area contributed by atoms with Crippen LogP contribution in [0.5, 0.6) is 0 Å². The predicted molar refractivity (Wildman–Crippen MR) is 106 cm³/mol. The van der Waals surface area contributed by atoms with E-state index in [-0.39, 0.29) is 11.8 Å². The molecule has 2 unspecified atom stereocenters. The Hall–Kier alpha value is -2.21. The van der Waals surface area contributed by atoms with Crippen LogP contribution in [0.15, 0.2) is 24.3 Å². The lowest BCUT2D eigenvalue weighted by Crippen LogP contribution is -2.27. The average molecular weight is 367 g/mol. The van der Waals surface area contributed by atoms with Gasteiger partial charge >= 0.3 is 0 Å². The van der Waals surface area contributed by atoms with E-state index < -0.39 is 0 Å². The smallest absolute Gasteiger partial charge is 0.230 e. The Morgan fingerprint density at radius 3 is 2.59 bits per heavy atom. The molecule has 2 heterocycles. The van der Waals surface area contributed by atoms with E-state index in [1.54, 1.807) is 4.68 Å². The first-order valence-corrected chi connectivity index (χ1v) is 10.0. The minimum atomic E-state index is 0.0360. The lowest BCUT2D eigenvalue weighted by Gasteiger charge is -2.19. The first kappa shape index (κ1) is 18.2. The highest BCUT2D eigenvalue weighted by Gasteiger charge is 2.44. The standard InChI is InChI=1S/C21H29N5O/c1-13(2)14-4-6-15(7-5-14)17-12-18(17)20(27)24-21-23-19(25-26(21)3)16-8-10-22-11-9-16/h4-7,13,16-18,22H,8-12H2,1-3H3,(H,23,24,25,27). The zero-order valence-corrected chi connectivity index (χ0v) is 16.4. The van der Waals surface area contributed by atoms with Crippen molar-refractivity contribution >= 4 is 11.9 Å². The van der Waals surface area contributed by atoms with Crippen molar-refractivity contribution in [1.29, 1.82) is 0 Å². The maximum Gasteiger partial charge on any atom is 0.230 e. The number of aromatic nitrogens is 3. The largest absolute Gasteiger partial charge is 0.317 e. The number of nitrogens with zero attached hydrogens (tertiary/aromatic N) is 3. The summed E-state index contributed by atoms with van der Waals surface area (Å²) in [6, 6.07) is 8.71. The van der Waals surface area contributed by atoms with Gasteiger partial charge in [0, 0.05) is 18.9 Å². The van der Waals surface area contributed by atoms with Crippen LogP contribution in [-0.4, -0.2) is 33.8 Å². The second-order valence-corrected chi connectivity index (χ2v) is 8.20. The summed E-state index contributed by atoms with van der Waals surface area (Å²) in [4.78, 5) is 17.3. The molecule has 1 aliphatic heterocycles. The molecule has 0 radical (unpaired) electrons. The monoisotopic (exact) mass is 367 g/mol. The van der Waals surface area contributed by atoms with E-state index in [0.29, 0.717) is 23.7 Å². The third-order valence-corrected chi connectivity index (χ3v) is 5.88. The highest BCUT2D eigenvalue weighted by atomic mass is 16.2. The number of rotatable bonds is 5. The molecular formula is C21H29N5O. The predicted octanol–water partition coefficient (Wildman–Crippen LogP) is 3.15. The fourth-order valence-corrected chi connectivity index (χ4v) is 3.95. The van der Waals surface area contributed by atoms with Gasteiger partial charge in [0.2, 0.25) is 11.9 Å². The molecule has 1 saturated carbocycles. The van der Waals surface area contributed by atoms with E-state index in [1.807, 2.05) is 7.05 Å². The van der Waals surface area contributed by atoms with Gasteiger partial charge in [-0.1, -0.05) is 38.1 Å². The number of hydrogen-bond donors (Lipinski definition) is 2. The molecule has 0 bridgehead atoms. The van der Waals surface area contributed by atoms with Crippen molar-refractivity contribution in [2.75, 3.05) is 18.4 Å². The summed E-state index contributed by atoms with van der Waals surface area (Å²) in [7, 11) is 1.85. The fraction of sp³-hybridized carbons (Fsp3) is 0.571. The third kappa shape index (κ3) is 3.90. The molecule has 2 atom stereocenters. The van der Waals surface area contributed by atoms with E-state index in [9.17, 15) is 4.79 Å². The van der Waals surface area contributed by atoms with Gasteiger partial charge in [-0.2, -0.15) is 10.1 Å². The lowest BCUT2D eigenvalue weighted by atomic mass is 9.98. The molecule has 4 rings (SSSR count). The Morgan fingerprint density at radius 1 is 1.22 bits per heavy atom. The van der Waals surface area contributed by atoms with Gasteiger partial charge in [0.25, 0.3) is 0 Å². The summed E-state index contributed by atoms with van der Waals surface area (Å²) in [6.45, 7) is 6.40. The van der Waals surface area contributed by atoms with Crippen LogP contribution in [0.3, 0.4) is 0 Å². The van der Waals surface area contributed by atoms with Crippen LogP contribution in [0.4, 0.5) is 5.95 Å². The molecule has 1 aromatic carbocycles. The summed E-state index contributed by atoms with van der Waals surface area (Å²) in [5, 5.41) is 10.9. The SMILES string of the molecule is CC(C)c1ccc(C2CC2C(=O)Nc2nc(C3CCNCC3)nn2C)cc1. The quantitative estimate of drug-likeness (QED) is 0.852. The van der Waals surface area contributed by atoms with E-state index in [2.05, 4.69) is 58.8 Å². The number of carbonyl (C=O) groups is 1. The number of benzene rings is 1. The molecule has 1 saturated heterocycles. The van der Waals surface area contributed by atoms with Gasteiger partial charge in [-0.25, -0.2) is 4.68 Å². The van der Waals surface area contributed by atoms with Crippen molar-refractivity contribution in [3.8, 4) is 0 Å². The topological polar surface area (TPSA) is 71.8 Å². The van der Waals surface area contributed by atoms with Crippen LogP contribution in [0.1, 0.15) is 67.8 Å². The second kappa shape index (κ2) is 7.43. The summed E-state index contributed by atoms with van der Waals surface area (Å²) in [5.74, 6) is 2.75. The van der Waals surface area contributed by atoms with Crippen LogP contribution in [0, 0.1) is 5.92 Å². The molecular weight excluding hydrogens is 338 g/mol. The Kier molecular flexibility index (Phi) is 5.00. The molecule has 2 fully saturated rings. The van der Waals surface area contributed by atoms with Crippen molar-refractivity contribution in [2.24, 2.45) is 13.0 Å². The van der Waals surface area contributed by atoms with Crippen molar-refractivity contribution in [3.05, 3.63) is 41.2 Å². The maximum atomic E-state index is 12.7. The first-order chi connectivity index (χ1) is 13.0. The van der Waals surface area contributed by atoms with Crippen molar-refractivity contribution < 1.29 is 4.79 Å². The Bertz CT molecular complexity index is 804. The third-order valence-electron chi connectivity index (χ3n) is 5.88. The lowest BCUT2D eigenvalue weighted by molar-refractivity contribution is -0.117. The Morgan fingerprint density at radius 2 is 1.93 bits per heavy atom.